The first-order chi connectivity index (χ1) is 6.50. The maximum Gasteiger partial charge on any atom is 0.328 e. The van der Waals surface area contributed by atoms with Gasteiger partial charge in [-0.25, -0.2) is 9.18 Å². The number of benzene rings is 1. The standard InChI is InChI=1S/C10H8BrFO2/c1-6-4-8(11)7(5-9(6)12)2-3-10(13)14/h2-5H,1H3,(H,13,14)/b3-2+. The third-order valence-electron chi connectivity index (χ3n) is 1.68. The molecular weight excluding hydrogens is 251 g/mol. The van der Waals surface area contributed by atoms with E-state index in [0.29, 0.717) is 15.6 Å². The van der Waals surface area contributed by atoms with Crippen LogP contribution in [-0.2, 0) is 4.79 Å². The van der Waals surface area contributed by atoms with Crippen LogP contribution in [0, 0.1) is 12.7 Å². The van der Waals surface area contributed by atoms with Crippen molar-refractivity contribution in [3.8, 4) is 0 Å². The van der Waals surface area contributed by atoms with Crippen molar-refractivity contribution in [2.75, 3.05) is 0 Å². The van der Waals surface area contributed by atoms with Crippen molar-refractivity contribution in [1.29, 1.82) is 0 Å². The minimum Gasteiger partial charge on any atom is -0.478 e. The molecule has 1 rings (SSSR count). The number of carboxylic acid groups (broad SMARTS) is 1. The number of aliphatic carboxylic acids is 1. The lowest BCUT2D eigenvalue weighted by atomic mass is 10.1. The lowest BCUT2D eigenvalue weighted by molar-refractivity contribution is -0.131. The van der Waals surface area contributed by atoms with Crippen LogP contribution in [0.2, 0.25) is 0 Å². The monoisotopic (exact) mass is 258 g/mol. The first-order valence-electron chi connectivity index (χ1n) is 3.87. The largest absolute Gasteiger partial charge is 0.478 e. The molecule has 14 heavy (non-hydrogen) atoms. The molecule has 1 aromatic rings. The molecule has 2 nitrogen and oxygen atoms in total. The Morgan fingerprint density at radius 1 is 1.57 bits per heavy atom. The summed E-state index contributed by atoms with van der Waals surface area (Å²) in [6, 6.07) is 2.90. The second-order valence-electron chi connectivity index (χ2n) is 2.79. The zero-order valence-corrected chi connectivity index (χ0v) is 9.01. The van der Waals surface area contributed by atoms with Crippen molar-refractivity contribution in [1.82, 2.24) is 0 Å². The number of aryl methyl sites for hydroxylation is 1. The normalized spacial score (nSPS) is 10.8. The molecule has 0 aliphatic rings. The van der Waals surface area contributed by atoms with Crippen LogP contribution in [0.25, 0.3) is 6.08 Å². The summed E-state index contributed by atoms with van der Waals surface area (Å²) in [4.78, 5) is 10.2. The topological polar surface area (TPSA) is 37.3 Å². The van der Waals surface area contributed by atoms with Gasteiger partial charge in [-0.05, 0) is 36.3 Å². The summed E-state index contributed by atoms with van der Waals surface area (Å²) in [6.45, 7) is 1.64. The molecule has 0 aliphatic heterocycles. The van der Waals surface area contributed by atoms with Crippen molar-refractivity contribution >= 4 is 28.0 Å². The molecule has 0 saturated carbocycles. The van der Waals surface area contributed by atoms with E-state index in [9.17, 15) is 9.18 Å². The Bertz CT molecular complexity index is 399. The average molecular weight is 259 g/mol. The molecule has 1 aromatic carbocycles. The van der Waals surface area contributed by atoms with E-state index in [4.69, 9.17) is 5.11 Å². The molecule has 0 aromatic heterocycles. The molecule has 0 unspecified atom stereocenters. The van der Waals surface area contributed by atoms with Crippen LogP contribution in [0.1, 0.15) is 11.1 Å². The summed E-state index contributed by atoms with van der Waals surface area (Å²) in [6.07, 6.45) is 2.31. The maximum atomic E-state index is 13.1. The molecule has 0 spiro atoms. The number of carbonyl (C=O) groups is 1. The van der Waals surface area contributed by atoms with Gasteiger partial charge in [-0.15, -0.1) is 0 Å². The summed E-state index contributed by atoms with van der Waals surface area (Å²) in [7, 11) is 0. The SMILES string of the molecule is Cc1cc(Br)c(/C=C/C(=O)O)cc1F. The van der Waals surface area contributed by atoms with E-state index in [1.807, 2.05) is 0 Å². The minimum atomic E-state index is -1.06. The minimum absolute atomic E-state index is 0.349. The van der Waals surface area contributed by atoms with Gasteiger partial charge in [0.2, 0.25) is 0 Å². The molecule has 0 bridgehead atoms. The molecule has 0 atom stereocenters. The summed E-state index contributed by atoms with van der Waals surface area (Å²) in [5.41, 5.74) is 1.03. The van der Waals surface area contributed by atoms with Crippen LogP contribution in [0.3, 0.4) is 0 Å². The van der Waals surface area contributed by atoms with Crippen molar-refractivity contribution in [2.45, 2.75) is 6.92 Å². The first kappa shape index (κ1) is 10.9. The van der Waals surface area contributed by atoms with E-state index in [1.165, 1.54) is 12.1 Å². The third kappa shape index (κ3) is 2.67. The summed E-state index contributed by atoms with van der Waals surface area (Å²) in [5, 5.41) is 8.39. The summed E-state index contributed by atoms with van der Waals surface area (Å²) >= 11 is 3.22. The van der Waals surface area contributed by atoms with Crippen molar-refractivity contribution < 1.29 is 14.3 Å². The molecule has 0 aliphatic carbocycles. The average Bonchev–Trinajstić information content (AvgIpc) is 2.09. The van der Waals surface area contributed by atoms with Crippen LogP contribution >= 0.6 is 15.9 Å². The van der Waals surface area contributed by atoms with Crippen LogP contribution in [0.15, 0.2) is 22.7 Å². The van der Waals surface area contributed by atoms with Crippen LogP contribution in [-0.4, -0.2) is 11.1 Å². The van der Waals surface area contributed by atoms with E-state index in [1.54, 1.807) is 13.0 Å². The lowest BCUT2D eigenvalue weighted by Crippen LogP contribution is -1.88. The Balaban J connectivity index is 3.10. The lowest BCUT2D eigenvalue weighted by Gasteiger charge is -2.01. The summed E-state index contributed by atoms with van der Waals surface area (Å²) in [5.74, 6) is -1.41. The van der Waals surface area contributed by atoms with Gasteiger partial charge in [-0.1, -0.05) is 15.9 Å². The molecule has 0 heterocycles. The van der Waals surface area contributed by atoms with Crippen molar-refractivity contribution in [2.24, 2.45) is 0 Å². The van der Waals surface area contributed by atoms with Gasteiger partial charge >= 0.3 is 5.97 Å². The van der Waals surface area contributed by atoms with Gasteiger partial charge in [0.15, 0.2) is 0 Å². The van der Waals surface area contributed by atoms with E-state index in [0.717, 1.165) is 6.08 Å². The van der Waals surface area contributed by atoms with Gasteiger partial charge in [0, 0.05) is 10.5 Å². The zero-order chi connectivity index (χ0) is 10.7. The Morgan fingerprint density at radius 2 is 2.21 bits per heavy atom. The Morgan fingerprint density at radius 3 is 2.79 bits per heavy atom. The molecule has 4 heteroatoms. The highest BCUT2D eigenvalue weighted by atomic mass is 79.9. The number of rotatable bonds is 2. The first-order valence-corrected chi connectivity index (χ1v) is 4.66. The fourth-order valence-electron chi connectivity index (χ4n) is 0.950. The predicted molar refractivity (Wildman–Crippen MR) is 55.5 cm³/mol. The molecular formula is C10H8BrFO2. The number of carboxylic acids is 1. The van der Waals surface area contributed by atoms with Gasteiger partial charge < -0.3 is 5.11 Å². The quantitative estimate of drug-likeness (QED) is 0.829. The van der Waals surface area contributed by atoms with E-state index in [2.05, 4.69) is 15.9 Å². The fraction of sp³-hybridized carbons (Fsp3) is 0.100. The third-order valence-corrected chi connectivity index (χ3v) is 2.37. The number of halogens is 2. The van der Waals surface area contributed by atoms with Crippen molar-refractivity contribution in [3.63, 3.8) is 0 Å². The van der Waals surface area contributed by atoms with Gasteiger partial charge in [0.1, 0.15) is 5.82 Å². The van der Waals surface area contributed by atoms with E-state index < -0.39 is 5.97 Å². The highest BCUT2D eigenvalue weighted by Gasteiger charge is 2.02. The molecule has 0 saturated heterocycles. The van der Waals surface area contributed by atoms with Crippen LogP contribution in [0.4, 0.5) is 4.39 Å². The van der Waals surface area contributed by atoms with Crippen molar-refractivity contribution in [3.05, 3.63) is 39.6 Å². The van der Waals surface area contributed by atoms with Gasteiger partial charge in [0.05, 0.1) is 0 Å². The van der Waals surface area contributed by atoms with E-state index >= 15 is 0 Å². The fourth-order valence-corrected chi connectivity index (χ4v) is 1.54. The predicted octanol–water partition coefficient (Wildman–Crippen LogP) is 2.99. The highest BCUT2D eigenvalue weighted by molar-refractivity contribution is 9.10. The smallest absolute Gasteiger partial charge is 0.328 e. The zero-order valence-electron chi connectivity index (χ0n) is 7.42. The van der Waals surface area contributed by atoms with Crippen LogP contribution in [0.5, 0.6) is 0 Å². The Hall–Kier alpha value is -1.16. The molecule has 0 amide bonds. The second-order valence-corrected chi connectivity index (χ2v) is 3.65. The van der Waals surface area contributed by atoms with Crippen LogP contribution < -0.4 is 0 Å². The Kier molecular flexibility index (Phi) is 3.41. The molecule has 0 radical (unpaired) electrons. The molecule has 0 fully saturated rings. The Labute approximate surface area is 89.2 Å². The molecule has 74 valence electrons. The summed E-state index contributed by atoms with van der Waals surface area (Å²) < 4.78 is 13.8. The van der Waals surface area contributed by atoms with Gasteiger partial charge in [-0.2, -0.15) is 0 Å². The maximum absolute atomic E-state index is 13.1. The second kappa shape index (κ2) is 4.37. The molecule has 1 N–H and O–H groups in total. The van der Waals surface area contributed by atoms with E-state index in [-0.39, 0.29) is 5.82 Å². The number of hydrogen-bond acceptors (Lipinski definition) is 1. The van der Waals surface area contributed by atoms with Gasteiger partial charge in [-0.3, -0.25) is 0 Å². The number of hydrogen-bond donors (Lipinski definition) is 1. The van der Waals surface area contributed by atoms with Gasteiger partial charge in [0.25, 0.3) is 0 Å². The highest BCUT2D eigenvalue weighted by Crippen LogP contribution is 2.22.